The Kier molecular flexibility index (Phi) is 4.39. The molecule has 2 saturated heterocycles. The molecule has 1 unspecified atom stereocenters. The van der Waals surface area contributed by atoms with Gasteiger partial charge in [0.1, 0.15) is 29.6 Å². The molecule has 2 aromatic heterocycles. The Hall–Kier alpha value is -2.64. The van der Waals surface area contributed by atoms with Crippen LogP contribution in [0.4, 0.5) is 10.2 Å². The summed E-state index contributed by atoms with van der Waals surface area (Å²) in [6.07, 6.45) is 6.46. The largest absolute Gasteiger partial charge is 0.492 e. The number of hydrogen-bond acceptors (Lipinski definition) is 5. The Bertz CT molecular complexity index is 1080. The minimum atomic E-state index is -0.262. The summed E-state index contributed by atoms with van der Waals surface area (Å²) in [6.45, 7) is 5.69. The Morgan fingerprint density at radius 1 is 1.00 bits per heavy atom. The first kappa shape index (κ1) is 18.2. The summed E-state index contributed by atoms with van der Waals surface area (Å²) in [7, 11) is 0. The van der Waals surface area contributed by atoms with Gasteiger partial charge in [0.05, 0.1) is 6.04 Å². The van der Waals surface area contributed by atoms with Gasteiger partial charge >= 0.3 is 0 Å². The minimum Gasteiger partial charge on any atom is -0.492 e. The Balaban J connectivity index is 1.39. The van der Waals surface area contributed by atoms with Crippen LogP contribution in [0.15, 0.2) is 42.7 Å². The molecule has 156 valence electrons. The van der Waals surface area contributed by atoms with E-state index in [1.165, 1.54) is 25.5 Å². The molecular weight excluding hydrogens is 381 g/mol. The molecule has 6 nitrogen and oxygen atoms in total. The van der Waals surface area contributed by atoms with E-state index in [9.17, 15) is 4.39 Å². The van der Waals surface area contributed by atoms with E-state index in [0.717, 1.165) is 43.2 Å². The molecule has 3 aliphatic rings. The lowest BCUT2D eigenvalue weighted by atomic mass is 10.1. The van der Waals surface area contributed by atoms with Crippen molar-refractivity contribution in [3.63, 3.8) is 0 Å². The van der Waals surface area contributed by atoms with Gasteiger partial charge in [0.25, 0.3) is 0 Å². The molecule has 30 heavy (non-hydrogen) atoms. The molecule has 0 amide bonds. The third kappa shape index (κ3) is 3.13. The van der Waals surface area contributed by atoms with E-state index in [0.29, 0.717) is 30.0 Å². The van der Waals surface area contributed by atoms with E-state index < -0.39 is 0 Å². The highest BCUT2D eigenvalue weighted by molar-refractivity contribution is 5.80. The molecule has 3 aliphatic heterocycles. The molecule has 0 spiro atoms. The van der Waals surface area contributed by atoms with Gasteiger partial charge in [0.2, 0.25) is 0 Å². The maximum atomic E-state index is 14.7. The van der Waals surface area contributed by atoms with Gasteiger partial charge in [-0.05, 0) is 49.7 Å². The monoisotopic (exact) mass is 407 g/mol. The molecule has 4 bridgehead atoms. The number of halogens is 1. The number of rotatable bonds is 0. The normalized spacial score (nSPS) is 24.7. The Morgan fingerprint density at radius 2 is 1.87 bits per heavy atom. The van der Waals surface area contributed by atoms with E-state index in [2.05, 4.69) is 15.1 Å². The highest BCUT2D eigenvalue weighted by Gasteiger charge is 2.36. The SMILES string of the molecule is Fc1ccc2cc1-c1ccn3ccc(nc13)NCCN1C[C@@H]3CCCN3CC1CO2. The van der Waals surface area contributed by atoms with Crippen LogP contribution in [-0.2, 0) is 0 Å². The summed E-state index contributed by atoms with van der Waals surface area (Å²) in [5.41, 5.74) is 2.04. The van der Waals surface area contributed by atoms with Gasteiger partial charge < -0.3 is 14.5 Å². The van der Waals surface area contributed by atoms with Gasteiger partial charge in [-0.2, -0.15) is 0 Å². The van der Waals surface area contributed by atoms with Crippen molar-refractivity contribution in [1.29, 1.82) is 0 Å². The molecule has 6 rings (SSSR count). The average molecular weight is 407 g/mol. The fraction of sp³-hybridized carbons (Fsp3) is 0.435. The van der Waals surface area contributed by atoms with Crippen LogP contribution in [-0.4, -0.2) is 70.6 Å². The van der Waals surface area contributed by atoms with Crippen molar-refractivity contribution in [2.45, 2.75) is 24.9 Å². The van der Waals surface area contributed by atoms with Crippen LogP contribution >= 0.6 is 0 Å². The topological polar surface area (TPSA) is 45.0 Å². The van der Waals surface area contributed by atoms with Crippen molar-refractivity contribution in [2.75, 3.05) is 44.6 Å². The van der Waals surface area contributed by atoms with Crippen molar-refractivity contribution in [3.05, 3.63) is 48.5 Å². The second-order valence-corrected chi connectivity index (χ2v) is 8.59. The van der Waals surface area contributed by atoms with Crippen LogP contribution in [0, 0.1) is 5.82 Å². The Labute approximate surface area is 175 Å². The third-order valence-corrected chi connectivity index (χ3v) is 6.79. The number of benzene rings is 1. The van der Waals surface area contributed by atoms with E-state index >= 15 is 0 Å². The summed E-state index contributed by atoms with van der Waals surface area (Å²) in [6, 6.07) is 9.92. The summed E-state index contributed by atoms with van der Waals surface area (Å²) >= 11 is 0. The van der Waals surface area contributed by atoms with Gasteiger partial charge in [-0.3, -0.25) is 9.80 Å². The summed E-state index contributed by atoms with van der Waals surface area (Å²) in [4.78, 5) is 9.94. The van der Waals surface area contributed by atoms with Crippen LogP contribution in [0.2, 0.25) is 0 Å². The van der Waals surface area contributed by atoms with Crippen molar-refractivity contribution in [1.82, 2.24) is 19.2 Å². The third-order valence-electron chi connectivity index (χ3n) is 6.79. The number of anilines is 1. The van der Waals surface area contributed by atoms with Crippen LogP contribution in [0.1, 0.15) is 12.8 Å². The van der Waals surface area contributed by atoms with Crippen molar-refractivity contribution in [3.8, 4) is 16.9 Å². The van der Waals surface area contributed by atoms with Gasteiger partial charge in [-0.15, -0.1) is 0 Å². The molecule has 3 aromatic rings. The second-order valence-electron chi connectivity index (χ2n) is 8.59. The molecule has 0 radical (unpaired) electrons. The molecule has 2 atom stereocenters. The maximum Gasteiger partial charge on any atom is 0.147 e. The molecule has 1 N–H and O–H groups in total. The number of fused-ring (bicyclic) bond motifs is 6. The zero-order valence-corrected chi connectivity index (χ0v) is 16.9. The van der Waals surface area contributed by atoms with Gasteiger partial charge in [-0.25, -0.2) is 9.37 Å². The molecule has 2 fully saturated rings. The molecule has 0 saturated carbocycles. The molecule has 1 aromatic carbocycles. The highest BCUT2D eigenvalue weighted by atomic mass is 19.1. The van der Waals surface area contributed by atoms with Crippen LogP contribution in [0.5, 0.6) is 5.75 Å². The van der Waals surface area contributed by atoms with E-state index in [4.69, 9.17) is 9.72 Å². The van der Waals surface area contributed by atoms with Crippen LogP contribution in [0.3, 0.4) is 0 Å². The molecule has 0 aliphatic carbocycles. The minimum absolute atomic E-state index is 0.262. The summed E-state index contributed by atoms with van der Waals surface area (Å²) < 4.78 is 22.9. The molecular formula is C23H26FN5O. The fourth-order valence-electron chi connectivity index (χ4n) is 5.19. The predicted molar refractivity (Wildman–Crippen MR) is 115 cm³/mol. The standard InChI is InChI=1S/C23H26FN5O/c24-21-4-3-18-12-20(21)19-5-9-27-10-6-22(26-23(19)27)25-7-11-29-13-16-2-1-8-28(16)14-17(29)15-30-18/h3-6,9-10,12,16-17H,1-2,7-8,11,13-15H2,(H,25,26)/t16-,17?/m0/s1. The average Bonchev–Trinajstić information content (AvgIpc) is 3.38. The number of nitrogens with zero attached hydrogens (tertiary/aromatic N) is 4. The number of aromatic nitrogens is 2. The van der Waals surface area contributed by atoms with Gasteiger partial charge in [0, 0.05) is 55.7 Å². The number of ether oxygens (including phenoxy) is 1. The zero-order valence-electron chi connectivity index (χ0n) is 16.9. The van der Waals surface area contributed by atoms with Gasteiger partial charge in [-0.1, -0.05) is 0 Å². The summed E-state index contributed by atoms with van der Waals surface area (Å²) in [5.74, 6) is 1.27. The van der Waals surface area contributed by atoms with Crippen molar-refractivity contribution in [2.24, 2.45) is 0 Å². The quantitative estimate of drug-likeness (QED) is 0.621. The smallest absolute Gasteiger partial charge is 0.147 e. The first-order chi connectivity index (χ1) is 14.7. The van der Waals surface area contributed by atoms with Crippen molar-refractivity contribution >= 4 is 11.5 Å². The van der Waals surface area contributed by atoms with Crippen LogP contribution < -0.4 is 10.1 Å². The second kappa shape index (κ2) is 7.25. The number of nitrogens with one attached hydrogen (secondary N) is 1. The lowest BCUT2D eigenvalue weighted by molar-refractivity contribution is 0.0301. The highest BCUT2D eigenvalue weighted by Crippen LogP contribution is 2.32. The van der Waals surface area contributed by atoms with Crippen molar-refractivity contribution < 1.29 is 9.13 Å². The fourth-order valence-corrected chi connectivity index (χ4v) is 5.19. The molecule has 7 heteroatoms. The lowest BCUT2D eigenvalue weighted by Gasteiger charge is -2.43. The first-order valence-corrected chi connectivity index (χ1v) is 10.9. The predicted octanol–water partition coefficient (Wildman–Crippen LogP) is 3.09. The maximum absolute atomic E-state index is 14.7. The lowest BCUT2D eigenvalue weighted by Crippen LogP contribution is -2.58. The van der Waals surface area contributed by atoms with E-state index in [1.807, 2.05) is 35.0 Å². The summed E-state index contributed by atoms with van der Waals surface area (Å²) in [5, 5.41) is 3.47. The van der Waals surface area contributed by atoms with Crippen LogP contribution in [0.25, 0.3) is 16.8 Å². The number of hydrogen-bond donors (Lipinski definition) is 1. The Morgan fingerprint density at radius 3 is 2.83 bits per heavy atom. The van der Waals surface area contributed by atoms with E-state index in [-0.39, 0.29) is 5.82 Å². The van der Waals surface area contributed by atoms with E-state index in [1.54, 1.807) is 6.07 Å². The first-order valence-electron chi connectivity index (χ1n) is 10.9. The number of piperazine rings is 1. The molecule has 5 heterocycles. The van der Waals surface area contributed by atoms with Gasteiger partial charge in [0.15, 0.2) is 0 Å². The zero-order chi connectivity index (χ0) is 20.1.